The lowest BCUT2D eigenvalue weighted by Gasteiger charge is -2.34. The summed E-state index contributed by atoms with van der Waals surface area (Å²) >= 11 is 0. The summed E-state index contributed by atoms with van der Waals surface area (Å²) in [4.78, 5) is 26.8. The maximum atomic E-state index is 12.7. The maximum Gasteiger partial charge on any atom is 0.317 e. The van der Waals surface area contributed by atoms with Crippen molar-refractivity contribution in [2.75, 3.05) is 46.4 Å². The lowest BCUT2D eigenvalue weighted by molar-refractivity contribution is -0.138. The number of benzene rings is 1. The van der Waals surface area contributed by atoms with Gasteiger partial charge >= 0.3 is 5.97 Å². The lowest BCUT2D eigenvalue weighted by atomic mass is 10.1. The van der Waals surface area contributed by atoms with E-state index in [0.717, 1.165) is 0 Å². The van der Waals surface area contributed by atoms with Crippen LogP contribution in [-0.2, 0) is 9.53 Å². The number of hydrogen-bond donors (Lipinski definition) is 1. The van der Waals surface area contributed by atoms with E-state index in [9.17, 15) is 9.59 Å². The van der Waals surface area contributed by atoms with Gasteiger partial charge in [0.1, 0.15) is 5.75 Å². The third kappa shape index (κ3) is 5.21. The molecule has 132 valence electrons. The van der Waals surface area contributed by atoms with E-state index in [2.05, 4.69) is 0 Å². The van der Waals surface area contributed by atoms with Crippen molar-refractivity contribution >= 4 is 11.9 Å². The van der Waals surface area contributed by atoms with Crippen LogP contribution in [0.25, 0.3) is 0 Å². The fraction of sp³-hybridized carbons (Fsp3) is 0.529. The molecule has 1 N–H and O–H groups in total. The summed E-state index contributed by atoms with van der Waals surface area (Å²) < 4.78 is 11.1. The zero-order valence-electron chi connectivity index (χ0n) is 14.1. The van der Waals surface area contributed by atoms with E-state index in [1.807, 2.05) is 13.0 Å². The number of carbonyl (C=O) groups excluding carboxylic acids is 1. The number of rotatable bonds is 7. The Morgan fingerprint density at radius 1 is 1.46 bits per heavy atom. The predicted octanol–water partition coefficient (Wildman–Crippen LogP) is 0.943. The number of carboxylic acids is 1. The molecule has 1 aromatic carbocycles. The van der Waals surface area contributed by atoms with E-state index >= 15 is 0 Å². The predicted molar refractivity (Wildman–Crippen MR) is 88.4 cm³/mol. The van der Waals surface area contributed by atoms with Gasteiger partial charge in [0.05, 0.1) is 25.9 Å². The molecule has 0 spiro atoms. The van der Waals surface area contributed by atoms with Gasteiger partial charge in [-0.15, -0.1) is 0 Å². The average Bonchev–Trinajstić information content (AvgIpc) is 2.54. The zero-order valence-corrected chi connectivity index (χ0v) is 14.1. The average molecular weight is 336 g/mol. The minimum atomic E-state index is -0.881. The SMILES string of the molecule is CCOc1cccc(C(=O)N2CCOC(CN(C)CC(=O)O)C2)c1. The van der Waals surface area contributed by atoms with Crippen LogP contribution in [0, 0.1) is 0 Å². The van der Waals surface area contributed by atoms with Crippen molar-refractivity contribution in [2.45, 2.75) is 13.0 Å². The Balaban J connectivity index is 1.97. The van der Waals surface area contributed by atoms with Gasteiger partial charge in [-0.05, 0) is 32.2 Å². The number of amides is 1. The van der Waals surface area contributed by atoms with Crippen molar-refractivity contribution in [1.82, 2.24) is 9.80 Å². The van der Waals surface area contributed by atoms with Crippen LogP contribution in [0.15, 0.2) is 24.3 Å². The fourth-order valence-corrected chi connectivity index (χ4v) is 2.73. The van der Waals surface area contributed by atoms with Crippen molar-refractivity contribution < 1.29 is 24.2 Å². The van der Waals surface area contributed by atoms with Crippen LogP contribution in [0.4, 0.5) is 0 Å². The number of nitrogens with zero attached hydrogens (tertiary/aromatic N) is 2. The van der Waals surface area contributed by atoms with Gasteiger partial charge in [-0.2, -0.15) is 0 Å². The Labute approximate surface area is 141 Å². The van der Waals surface area contributed by atoms with Crippen LogP contribution in [0.1, 0.15) is 17.3 Å². The van der Waals surface area contributed by atoms with E-state index < -0.39 is 5.97 Å². The first-order chi connectivity index (χ1) is 11.5. The van der Waals surface area contributed by atoms with Crippen molar-refractivity contribution in [3.05, 3.63) is 29.8 Å². The van der Waals surface area contributed by atoms with Gasteiger partial charge in [0.25, 0.3) is 5.91 Å². The van der Waals surface area contributed by atoms with Crippen LogP contribution in [-0.4, -0.2) is 79.3 Å². The highest BCUT2D eigenvalue weighted by atomic mass is 16.5. The second-order valence-electron chi connectivity index (χ2n) is 5.80. The van der Waals surface area contributed by atoms with Gasteiger partial charge in [-0.1, -0.05) is 6.07 Å². The molecule has 7 nitrogen and oxygen atoms in total. The van der Waals surface area contributed by atoms with Gasteiger partial charge in [-0.25, -0.2) is 0 Å². The summed E-state index contributed by atoms with van der Waals surface area (Å²) in [6.07, 6.45) is -0.192. The molecule has 1 unspecified atom stereocenters. The Morgan fingerprint density at radius 2 is 2.25 bits per heavy atom. The molecule has 0 bridgehead atoms. The molecule has 0 aliphatic carbocycles. The normalized spacial score (nSPS) is 17.8. The highest BCUT2D eigenvalue weighted by molar-refractivity contribution is 5.94. The van der Waals surface area contributed by atoms with E-state index in [1.54, 1.807) is 35.0 Å². The van der Waals surface area contributed by atoms with Gasteiger partial charge in [0, 0.05) is 25.2 Å². The van der Waals surface area contributed by atoms with Crippen molar-refractivity contribution in [3.63, 3.8) is 0 Å². The van der Waals surface area contributed by atoms with Crippen molar-refractivity contribution in [2.24, 2.45) is 0 Å². The number of morpholine rings is 1. The molecular weight excluding hydrogens is 312 g/mol. The van der Waals surface area contributed by atoms with Crippen LogP contribution >= 0.6 is 0 Å². The number of likely N-dealkylation sites (N-methyl/N-ethyl adjacent to an activating group) is 1. The second-order valence-corrected chi connectivity index (χ2v) is 5.80. The van der Waals surface area contributed by atoms with Gasteiger partial charge in [0.15, 0.2) is 0 Å². The quantitative estimate of drug-likeness (QED) is 0.798. The smallest absolute Gasteiger partial charge is 0.317 e. The number of carboxylic acid groups (broad SMARTS) is 1. The molecule has 1 fully saturated rings. The standard InChI is InChI=1S/C17H24N2O5/c1-3-23-14-6-4-5-13(9-14)17(22)19-7-8-24-15(11-19)10-18(2)12-16(20)21/h4-6,9,15H,3,7-8,10-12H2,1-2H3,(H,20,21). The van der Waals surface area contributed by atoms with Crippen LogP contribution < -0.4 is 4.74 Å². The molecule has 1 aliphatic rings. The van der Waals surface area contributed by atoms with Crippen LogP contribution in [0.2, 0.25) is 0 Å². The number of hydrogen-bond acceptors (Lipinski definition) is 5. The Morgan fingerprint density at radius 3 is 2.96 bits per heavy atom. The minimum Gasteiger partial charge on any atom is -0.494 e. The molecule has 24 heavy (non-hydrogen) atoms. The topological polar surface area (TPSA) is 79.3 Å². The fourth-order valence-electron chi connectivity index (χ4n) is 2.73. The summed E-state index contributed by atoms with van der Waals surface area (Å²) in [5.74, 6) is -0.269. The summed E-state index contributed by atoms with van der Waals surface area (Å²) in [6.45, 7) is 4.28. The van der Waals surface area contributed by atoms with Gasteiger partial charge in [0.2, 0.25) is 0 Å². The van der Waals surface area contributed by atoms with Gasteiger partial charge < -0.3 is 19.5 Å². The van der Waals surface area contributed by atoms with Crippen molar-refractivity contribution in [3.8, 4) is 5.75 Å². The number of ether oxygens (including phenoxy) is 2. The molecule has 1 aromatic rings. The van der Waals surface area contributed by atoms with E-state index in [4.69, 9.17) is 14.6 Å². The second kappa shape index (κ2) is 8.65. The summed E-state index contributed by atoms with van der Waals surface area (Å²) in [7, 11) is 1.73. The van der Waals surface area contributed by atoms with E-state index in [0.29, 0.717) is 44.2 Å². The van der Waals surface area contributed by atoms with Crippen LogP contribution in [0.5, 0.6) is 5.75 Å². The zero-order chi connectivity index (χ0) is 17.5. The highest BCUT2D eigenvalue weighted by Gasteiger charge is 2.26. The molecule has 1 saturated heterocycles. The van der Waals surface area contributed by atoms with E-state index in [1.165, 1.54) is 0 Å². The summed E-state index contributed by atoms with van der Waals surface area (Å²) in [6, 6.07) is 7.14. The van der Waals surface area contributed by atoms with Gasteiger partial charge in [-0.3, -0.25) is 14.5 Å². The first kappa shape index (κ1) is 18.2. The lowest BCUT2D eigenvalue weighted by Crippen LogP contribution is -2.49. The Bertz CT molecular complexity index is 578. The third-order valence-corrected chi connectivity index (χ3v) is 3.74. The molecule has 0 saturated carbocycles. The maximum absolute atomic E-state index is 12.7. The first-order valence-electron chi connectivity index (χ1n) is 8.03. The Hall–Kier alpha value is -2.12. The van der Waals surface area contributed by atoms with Crippen molar-refractivity contribution in [1.29, 1.82) is 0 Å². The third-order valence-electron chi connectivity index (χ3n) is 3.74. The molecular formula is C17H24N2O5. The first-order valence-corrected chi connectivity index (χ1v) is 8.03. The number of carbonyl (C=O) groups is 2. The number of aliphatic carboxylic acids is 1. The Kier molecular flexibility index (Phi) is 6.57. The molecule has 1 aliphatic heterocycles. The van der Waals surface area contributed by atoms with Crippen LogP contribution in [0.3, 0.4) is 0 Å². The molecule has 1 amide bonds. The molecule has 0 aromatic heterocycles. The molecule has 1 atom stereocenters. The molecule has 7 heteroatoms. The van der Waals surface area contributed by atoms with E-state index in [-0.39, 0.29) is 18.6 Å². The highest BCUT2D eigenvalue weighted by Crippen LogP contribution is 2.17. The summed E-state index contributed by atoms with van der Waals surface area (Å²) in [5.41, 5.74) is 0.584. The molecule has 2 rings (SSSR count). The largest absolute Gasteiger partial charge is 0.494 e. The monoisotopic (exact) mass is 336 g/mol. The summed E-state index contributed by atoms with van der Waals surface area (Å²) in [5, 5.41) is 8.81. The minimum absolute atomic E-state index is 0.0514. The molecule has 0 radical (unpaired) electrons. The molecule has 1 heterocycles.